The van der Waals surface area contributed by atoms with Crippen molar-refractivity contribution in [3.8, 4) is 0 Å². The van der Waals surface area contributed by atoms with Crippen LogP contribution in [0.4, 0.5) is 5.69 Å². The molecule has 20 heavy (non-hydrogen) atoms. The van der Waals surface area contributed by atoms with Crippen LogP contribution in [0.5, 0.6) is 0 Å². The number of hydrogen-bond acceptors (Lipinski definition) is 3. The van der Waals surface area contributed by atoms with Gasteiger partial charge in [-0.15, -0.1) is 0 Å². The highest BCUT2D eigenvalue weighted by atomic mass is 79.9. The summed E-state index contributed by atoms with van der Waals surface area (Å²) in [5.41, 5.74) is 0.955. The number of anilines is 1. The van der Waals surface area contributed by atoms with Gasteiger partial charge in [0, 0.05) is 22.8 Å². The molecule has 1 aliphatic heterocycles. The van der Waals surface area contributed by atoms with E-state index in [0.717, 1.165) is 10.2 Å². The molecule has 0 radical (unpaired) electrons. The minimum absolute atomic E-state index is 0.507. The van der Waals surface area contributed by atoms with Gasteiger partial charge in [-0.2, -0.15) is 0 Å². The topological polar surface area (TPSA) is 37.0 Å². The number of hydrogen-bond donors (Lipinski definition) is 2. The van der Waals surface area contributed by atoms with Crippen LogP contribution in [0, 0.1) is 5.92 Å². The molecule has 3 unspecified atom stereocenters. The summed E-state index contributed by atoms with van der Waals surface area (Å²) in [6.45, 7) is 1.17. The molecule has 3 nitrogen and oxygen atoms in total. The molecule has 0 spiro atoms. The highest BCUT2D eigenvalue weighted by Gasteiger charge is 2.33. The minimum atomic E-state index is 0.507. The third kappa shape index (κ3) is 3.29. The zero-order chi connectivity index (χ0) is 13.9. The van der Waals surface area contributed by atoms with Crippen LogP contribution >= 0.6 is 27.5 Å². The Labute approximate surface area is 134 Å². The molecule has 1 saturated carbocycles. The van der Waals surface area contributed by atoms with Gasteiger partial charge in [-0.3, -0.25) is 0 Å². The van der Waals surface area contributed by atoms with Crippen molar-refractivity contribution in [3.63, 3.8) is 0 Å². The van der Waals surface area contributed by atoms with Crippen LogP contribution in [0.2, 0.25) is 5.15 Å². The van der Waals surface area contributed by atoms with E-state index >= 15 is 0 Å². The van der Waals surface area contributed by atoms with Gasteiger partial charge in [-0.1, -0.05) is 24.4 Å². The summed E-state index contributed by atoms with van der Waals surface area (Å²) in [6.07, 6.45) is 9.57. The van der Waals surface area contributed by atoms with Gasteiger partial charge in [0.2, 0.25) is 0 Å². The van der Waals surface area contributed by atoms with Crippen LogP contribution in [0.15, 0.2) is 16.7 Å². The molecule has 3 rings (SSSR count). The van der Waals surface area contributed by atoms with E-state index in [2.05, 4.69) is 31.5 Å². The zero-order valence-corrected chi connectivity index (χ0v) is 13.9. The molecular weight excluding hydrogens is 338 g/mol. The van der Waals surface area contributed by atoms with Gasteiger partial charge in [0.25, 0.3) is 0 Å². The Bertz CT molecular complexity index is 462. The van der Waals surface area contributed by atoms with Crippen molar-refractivity contribution >= 4 is 33.2 Å². The zero-order valence-electron chi connectivity index (χ0n) is 11.5. The molecule has 2 heterocycles. The predicted molar refractivity (Wildman–Crippen MR) is 87.3 cm³/mol. The number of rotatable bonds is 3. The largest absolute Gasteiger partial charge is 0.379 e. The van der Waals surface area contributed by atoms with Crippen molar-refractivity contribution in [1.29, 1.82) is 0 Å². The van der Waals surface area contributed by atoms with Crippen LogP contribution in [-0.2, 0) is 0 Å². The number of nitrogens with one attached hydrogen (secondary N) is 2. The number of aromatic nitrogens is 1. The molecule has 3 atom stereocenters. The van der Waals surface area contributed by atoms with Gasteiger partial charge < -0.3 is 10.6 Å². The van der Waals surface area contributed by atoms with Crippen molar-refractivity contribution < 1.29 is 0 Å². The van der Waals surface area contributed by atoms with E-state index in [-0.39, 0.29) is 0 Å². The van der Waals surface area contributed by atoms with Crippen LogP contribution in [0.3, 0.4) is 0 Å². The van der Waals surface area contributed by atoms with E-state index in [1.165, 1.54) is 45.1 Å². The average Bonchev–Trinajstić information content (AvgIpc) is 2.97. The number of pyridine rings is 1. The highest BCUT2D eigenvalue weighted by Crippen LogP contribution is 2.34. The molecular formula is C15H21BrClN3. The maximum Gasteiger partial charge on any atom is 0.152 e. The smallest absolute Gasteiger partial charge is 0.152 e. The first kappa shape index (κ1) is 14.6. The van der Waals surface area contributed by atoms with Crippen LogP contribution < -0.4 is 10.6 Å². The van der Waals surface area contributed by atoms with Gasteiger partial charge >= 0.3 is 0 Å². The van der Waals surface area contributed by atoms with E-state index in [1.807, 2.05) is 6.07 Å². The maximum absolute atomic E-state index is 6.21. The van der Waals surface area contributed by atoms with Gasteiger partial charge in [0.1, 0.15) is 0 Å². The molecule has 1 aromatic heterocycles. The first-order chi connectivity index (χ1) is 9.74. The Morgan fingerprint density at radius 2 is 2.10 bits per heavy atom. The summed E-state index contributed by atoms with van der Waals surface area (Å²) >= 11 is 9.68. The van der Waals surface area contributed by atoms with Crippen molar-refractivity contribution in [2.24, 2.45) is 5.92 Å². The Kier molecular flexibility index (Phi) is 4.84. The highest BCUT2D eigenvalue weighted by molar-refractivity contribution is 9.10. The van der Waals surface area contributed by atoms with Crippen molar-refractivity contribution in [2.75, 3.05) is 11.9 Å². The SMILES string of the molecule is Clc1ncc(Br)cc1NC1CCCCC1C1CCCN1. The fourth-order valence-corrected chi connectivity index (χ4v) is 4.11. The van der Waals surface area contributed by atoms with Crippen molar-refractivity contribution in [3.05, 3.63) is 21.9 Å². The first-order valence-corrected chi connectivity index (χ1v) is 8.72. The lowest BCUT2D eigenvalue weighted by molar-refractivity contribution is 0.262. The molecule has 110 valence electrons. The van der Waals surface area contributed by atoms with Crippen molar-refractivity contribution in [2.45, 2.75) is 50.6 Å². The third-order valence-electron chi connectivity index (χ3n) is 4.58. The van der Waals surface area contributed by atoms with Crippen LogP contribution in [0.1, 0.15) is 38.5 Å². The summed E-state index contributed by atoms with van der Waals surface area (Å²) < 4.78 is 0.968. The average molecular weight is 359 g/mol. The second-order valence-electron chi connectivity index (χ2n) is 5.89. The second kappa shape index (κ2) is 6.63. The fraction of sp³-hybridized carbons (Fsp3) is 0.667. The predicted octanol–water partition coefficient (Wildman–Crippen LogP) is 4.22. The lowest BCUT2D eigenvalue weighted by Gasteiger charge is -2.37. The van der Waals surface area contributed by atoms with E-state index in [9.17, 15) is 0 Å². The molecule has 0 aromatic carbocycles. The third-order valence-corrected chi connectivity index (χ3v) is 5.32. The van der Waals surface area contributed by atoms with E-state index in [4.69, 9.17) is 11.6 Å². The van der Waals surface area contributed by atoms with Crippen molar-refractivity contribution in [1.82, 2.24) is 10.3 Å². The van der Waals surface area contributed by atoms with Crippen LogP contribution in [-0.4, -0.2) is 23.6 Å². The standard InChI is InChI=1S/C15H21BrClN3/c16-10-8-14(15(17)19-9-10)20-13-5-2-1-4-11(13)12-6-3-7-18-12/h8-9,11-13,18,20H,1-7H2. The Morgan fingerprint density at radius 1 is 1.25 bits per heavy atom. The molecule has 0 amide bonds. The monoisotopic (exact) mass is 357 g/mol. The normalized spacial score (nSPS) is 30.4. The molecule has 1 aliphatic carbocycles. The Morgan fingerprint density at radius 3 is 2.90 bits per heavy atom. The molecule has 2 N–H and O–H groups in total. The minimum Gasteiger partial charge on any atom is -0.379 e. The fourth-order valence-electron chi connectivity index (χ4n) is 3.62. The summed E-state index contributed by atoms with van der Waals surface area (Å²) in [7, 11) is 0. The van der Waals surface area contributed by atoms with Gasteiger partial charge in [0.15, 0.2) is 5.15 Å². The van der Waals surface area contributed by atoms with Gasteiger partial charge in [-0.25, -0.2) is 4.98 Å². The second-order valence-corrected chi connectivity index (χ2v) is 7.17. The Balaban J connectivity index is 1.74. The molecule has 2 aliphatic rings. The Hall–Kier alpha value is -0.320. The maximum atomic E-state index is 6.21. The lowest BCUT2D eigenvalue weighted by Crippen LogP contribution is -2.43. The van der Waals surface area contributed by atoms with E-state index < -0.39 is 0 Å². The summed E-state index contributed by atoms with van der Waals surface area (Å²) in [5, 5.41) is 7.89. The molecule has 5 heteroatoms. The van der Waals surface area contributed by atoms with Gasteiger partial charge in [-0.05, 0) is 60.1 Å². The molecule has 1 saturated heterocycles. The summed E-state index contributed by atoms with van der Waals surface area (Å²) in [4.78, 5) is 4.21. The lowest BCUT2D eigenvalue weighted by atomic mass is 9.79. The number of halogens is 2. The van der Waals surface area contributed by atoms with E-state index in [0.29, 0.717) is 23.2 Å². The molecule has 0 bridgehead atoms. The summed E-state index contributed by atoms with van der Waals surface area (Å²) in [6, 6.07) is 3.21. The quantitative estimate of drug-likeness (QED) is 0.794. The first-order valence-electron chi connectivity index (χ1n) is 7.55. The van der Waals surface area contributed by atoms with E-state index in [1.54, 1.807) is 6.20 Å². The molecule has 2 fully saturated rings. The van der Waals surface area contributed by atoms with Gasteiger partial charge in [0.05, 0.1) is 5.69 Å². The molecule has 1 aromatic rings. The number of nitrogens with zero attached hydrogens (tertiary/aromatic N) is 1. The summed E-state index contributed by atoms with van der Waals surface area (Å²) in [5.74, 6) is 0.710. The van der Waals surface area contributed by atoms with Crippen LogP contribution in [0.25, 0.3) is 0 Å².